The lowest BCUT2D eigenvalue weighted by molar-refractivity contribution is -0.134. The van der Waals surface area contributed by atoms with Crippen LogP contribution in [0, 0.1) is 0 Å². The number of carbonyl (C=O) groups is 2. The van der Waals surface area contributed by atoms with Crippen molar-refractivity contribution in [3.05, 3.63) is 83.4 Å². The molecule has 0 aliphatic carbocycles. The molecule has 7 nitrogen and oxygen atoms in total. The first-order valence-corrected chi connectivity index (χ1v) is 12.5. The fraction of sp³-hybridized carbons (Fsp3) is 0.393. The summed E-state index contributed by atoms with van der Waals surface area (Å²) in [5, 5.41) is 2.99. The number of nitrogens with zero attached hydrogens (tertiary/aromatic N) is 3. The first kappa shape index (κ1) is 23.1. The lowest BCUT2D eigenvalue weighted by Crippen LogP contribution is -2.46. The largest absolute Gasteiger partial charge is 0.497 e. The third-order valence-electron chi connectivity index (χ3n) is 7.14. The topological polar surface area (TPSA) is 76.5 Å². The van der Waals surface area contributed by atoms with Gasteiger partial charge < -0.3 is 19.5 Å². The van der Waals surface area contributed by atoms with Crippen LogP contribution >= 0.6 is 0 Å². The van der Waals surface area contributed by atoms with Crippen LogP contribution in [0.3, 0.4) is 0 Å². The maximum Gasteiger partial charge on any atom is 0.252 e. The Hall–Kier alpha value is -3.61. The van der Waals surface area contributed by atoms with Crippen molar-refractivity contribution in [2.24, 2.45) is 0 Å². The number of ether oxygens (including phenoxy) is 1. The SMILES string of the molecule is COc1ccc(C(=O)NC(C(=O)N2CCCC(c3ncc4n3CCCC4)C2)c2ccccc2)cc1. The number of aryl methyl sites for hydroxylation is 1. The number of likely N-dealkylation sites (tertiary alicyclic amines) is 1. The molecule has 5 rings (SSSR count). The van der Waals surface area contributed by atoms with Gasteiger partial charge >= 0.3 is 0 Å². The van der Waals surface area contributed by atoms with Gasteiger partial charge in [-0.25, -0.2) is 4.98 Å². The van der Waals surface area contributed by atoms with Gasteiger partial charge in [-0.15, -0.1) is 0 Å². The number of methoxy groups -OCH3 is 1. The normalized spacial score (nSPS) is 18.4. The molecule has 2 aliphatic rings. The van der Waals surface area contributed by atoms with E-state index >= 15 is 0 Å². The second-order valence-corrected chi connectivity index (χ2v) is 9.39. The third-order valence-corrected chi connectivity index (χ3v) is 7.14. The number of amides is 2. The molecular weight excluding hydrogens is 440 g/mol. The van der Waals surface area contributed by atoms with Gasteiger partial charge in [-0.2, -0.15) is 0 Å². The van der Waals surface area contributed by atoms with Crippen molar-refractivity contribution < 1.29 is 14.3 Å². The van der Waals surface area contributed by atoms with E-state index in [0.29, 0.717) is 24.4 Å². The van der Waals surface area contributed by atoms with Gasteiger partial charge in [0.15, 0.2) is 0 Å². The lowest BCUT2D eigenvalue weighted by atomic mass is 9.95. The number of hydrogen-bond donors (Lipinski definition) is 1. The second kappa shape index (κ2) is 10.3. The standard InChI is InChI=1S/C28H32N4O3/c1-35-24-14-12-21(13-15-24)27(33)30-25(20-8-3-2-4-9-20)28(34)31-16-7-10-22(19-31)26-29-18-23-11-5-6-17-32(23)26/h2-4,8-9,12-15,18,22,25H,5-7,10-11,16-17,19H2,1H3,(H,30,33). The van der Waals surface area contributed by atoms with Gasteiger partial charge in [0.1, 0.15) is 17.6 Å². The Morgan fingerprint density at radius 1 is 1.03 bits per heavy atom. The molecule has 2 amide bonds. The molecule has 1 aromatic heterocycles. The highest BCUT2D eigenvalue weighted by atomic mass is 16.5. The van der Waals surface area contributed by atoms with Crippen LogP contribution in [0.1, 0.15) is 65.1 Å². The quantitative estimate of drug-likeness (QED) is 0.586. The number of benzene rings is 2. The summed E-state index contributed by atoms with van der Waals surface area (Å²) in [6.07, 6.45) is 7.43. The minimum absolute atomic E-state index is 0.0758. The van der Waals surface area contributed by atoms with Crippen LogP contribution in [-0.4, -0.2) is 46.5 Å². The van der Waals surface area contributed by atoms with Crippen LogP contribution in [0.25, 0.3) is 0 Å². The lowest BCUT2D eigenvalue weighted by Gasteiger charge is -2.35. The molecule has 3 heterocycles. The van der Waals surface area contributed by atoms with Gasteiger partial charge in [0, 0.05) is 43.0 Å². The number of nitrogens with one attached hydrogen (secondary N) is 1. The van der Waals surface area contributed by atoms with Crippen LogP contribution in [0.2, 0.25) is 0 Å². The van der Waals surface area contributed by atoms with Gasteiger partial charge in [0.25, 0.3) is 5.91 Å². The van der Waals surface area contributed by atoms with Crippen molar-refractivity contribution in [3.8, 4) is 5.75 Å². The Labute approximate surface area is 206 Å². The molecule has 1 fully saturated rings. The molecule has 7 heteroatoms. The van der Waals surface area contributed by atoms with Gasteiger partial charge in [-0.05, 0) is 61.9 Å². The summed E-state index contributed by atoms with van der Waals surface area (Å²) in [4.78, 5) is 33.6. The van der Waals surface area contributed by atoms with E-state index in [2.05, 4.69) is 9.88 Å². The Kier molecular flexibility index (Phi) is 6.84. The monoisotopic (exact) mass is 472 g/mol. The molecule has 0 bridgehead atoms. The number of carbonyl (C=O) groups excluding carboxylic acids is 2. The molecule has 2 atom stereocenters. The minimum Gasteiger partial charge on any atom is -0.497 e. The Morgan fingerprint density at radius 3 is 2.60 bits per heavy atom. The minimum atomic E-state index is -0.751. The summed E-state index contributed by atoms with van der Waals surface area (Å²) in [6, 6.07) is 15.6. The Morgan fingerprint density at radius 2 is 1.83 bits per heavy atom. The van der Waals surface area contributed by atoms with Crippen molar-refractivity contribution in [2.45, 2.75) is 50.6 Å². The van der Waals surface area contributed by atoms with Crippen LogP contribution in [0.4, 0.5) is 0 Å². The van der Waals surface area contributed by atoms with E-state index in [9.17, 15) is 9.59 Å². The number of aromatic nitrogens is 2. The summed E-state index contributed by atoms with van der Waals surface area (Å²) in [6.45, 7) is 2.32. The number of hydrogen-bond acceptors (Lipinski definition) is 4. The predicted molar refractivity (Wildman–Crippen MR) is 133 cm³/mol. The van der Waals surface area contributed by atoms with E-state index in [-0.39, 0.29) is 17.7 Å². The van der Waals surface area contributed by atoms with Crippen LogP contribution in [-0.2, 0) is 17.8 Å². The molecule has 1 N–H and O–H groups in total. The maximum absolute atomic E-state index is 13.8. The Balaban J connectivity index is 1.36. The van der Waals surface area contributed by atoms with Crippen LogP contribution < -0.4 is 10.1 Å². The molecule has 0 saturated carbocycles. The van der Waals surface area contributed by atoms with Crippen molar-refractivity contribution in [1.29, 1.82) is 0 Å². The van der Waals surface area contributed by atoms with Crippen molar-refractivity contribution in [2.75, 3.05) is 20.2 Å². The van der Waals surface area contributed by atoms with E-state index in [1.807, 2.05) is 41.4 Å². The van der Waals surface area contributed by atoms with Gasteiger partial charge in [0.2, 0.25) is 5.91 Å². The summed E-state index contributed by atoms with van der Waals surface area (Å²) < 4.78 is 7.56. The van der Waals surface area contributed by atoms with Crippen molar-refractivity contribution in [3.63, 3.8) is 0 Å². The zero-order chi connectivity index (χ0) is 24.2. The van der Waals surface area contributed by atoms with E-state index in [4.69, 9.17) is 9.72 Å². The number of imidazole rings is 1. The molecule has 2 unspecified atom stereocenters. The Bertz CT molecular complexity index is 1170. The average molecular weight is 473 g/mol. The summed E-state index contributed by atoms with van der Waals surface area (Å²) in [7, 11) is 1.59. The van der Waals surface area contributed by atoms with Gasteiger partial charge in [-0.1, -0.05) is 30.3 Å². The van der Waals surface area contributed by atoms with Crippen LogP contribution in [0.15, 0.2) is 60.8 Å². The van der Waals surface area contributed by atoms with Crippen molar-refractivity contribution in [1.82, 2.24) is 19.8 Å². The molecule has 2 aromatic carbocycles. The fourth-order valence-electron chi connectivity index (χ4n) is 5.25. The zero-order valence-corrected chi connectivity index (χ0v) is 20.2. The molecule has 35 heavy (non-hydrogen) atoms. The predicted octanol–water partition coefficient (Wildman–Crippen LogP) is 4.11. The molecule has 3 aromatic rings. The van der Waals surface area contributed by atoms with E-state index < -0.39 is 6.04 Å². The van der Waals surface area contributed by atoms with Crippen LogP contribution in [0.5, 0.6) is 5.75 Å². The van der Waals surface area contributed by atoms with Crippen molar-refractivity contribution >= 4 is 11.8 Å². The highest BCUT2D eigenvalue weighted by Gasteiger charge is 2.33. The highest BCUT2D eigenvalue weighted by Crippen LogP contribution is 2.30. The summed E-state index contributed by atoms with van der Waals surface area (Å²) in [5.74, 6) is 1.64. The number of rotatable bonds is 6. The molecule has 0 spiro atoms. The molecule has 182 valence electrons. The zero-order valence-electron chi connectivity index (χ0n) is 20.2. The second-order valence-electron chi connectivity index (χ2n) is 9.39. The molecular formula is C28H32N4O3. The highest BCUT2D eigenvalue weighted by molar-refractivity contribution is 5.98. The number of fused-ring (bicyclic) bond motifs is 1. The third kappa shape index (κ3) is 4.94. The average Bonchev–Trinajstić information content (AvgIpc) is 3.36. The van der Waals surface area contributed by atoms with E-state index in [1.165, 1.54) is 18.5 Å². The fourth-order valence-corrected chi connectivity index (χ4v) is 5.25. The maximum atomic E-state index is 13.8. The molecule has 1 saturated heterocycles. The van der Waals surface area contributed by atoms with E-state index in [1.54, 1.807) is 31.4 Å². The van der Waals surface area contributed by atoms with E-state index in [0.717, 1.165) is 37.2 Å². The molecule has 2 aliphatic heterocycles. The number of piperidine rings is 1. The molecule has 0 radical (unpaired) electrons. The first-order valence-electron chi connectivity index (χ1n) is 12.5. The summed E-state index contributed by atoms with van der Waals surface area (Å²) >= 11 is 0. The van der Waals surface area contributed by atoms with Gasteiger partial charge in [-0.3, -0.25) is 9.59 Å². The first-order chi connectivity index (χ1) is 17.1. The summed E-state index contributed by atoms with van der Waals surface area (Å²) in [5.41, 5.74) is 2.57. The smallest absolute Gasteiger partial charge is 0.252 e. The van der Waals surface area contributed by atoms with Gasteiger partial charge in [0.05, 0.1) is 7.11 Å².